The van der Waals surface area contributed by atoms with Gasteiger partial charge in [0.2, 0.25) is 0 Å². The van der Waals surface area contributed by atoms with Gasteiger partial charge in [-0.3, -0.25) is 4.98 Å². The van der Waals surface area contributed by atoms with Crippen LogP contribution in [0.25, 0.3) is 0 Å². The van der Waals surface area contributed by atoms with E-state index in [9.17, 15) is 4.79 Å². The summed E-state index contributed by atoms with van der Waals surface area (Å²) in [6, 6.07) is 5.42. The van der Waals surface area contributed by atoms with Crippen molar-refractivity contribution in [2.45, 2.75) is 19.5 Å². The van der Waals surface area contributed by atoms with Gasteiger partial charge in [-0.15, -0.1) is 0 Å². The molecule has 0 unspecified atom stereocenters. The minimum atomic E-state index is -0.135. The number of rotatable bonds is 4. The molecule has 0 spiro atoms. The van der Waals surface area contributed by atoms with Gasteiger partial charge in [0.05, 0.1) is 17.6 Å². The molecule has 0 saturated carbocycles. The highest BCUT2D eigenvalue weighted by molar-refractivity contribution is 6.30. The maximum absolute atomic E-state index is 12.2. The number of nitrogens with zero attached hydrogens (tertiary/aromatic N) is 3. The zero-order chi connectivity index (χ0) is 15.4. The molecule has 112 valence electrons. The molecule has 2 aromatic heterocycles. The first-order valence-corrected chi connectivity index (χ1v) is 7.07. The zero-order valence-electron chi connectivity index (χ0n) is 12.4. The second-order valence-electron chi connectivity index (χ2n) is 5.07. The summed E-state index contributed by atoms with van der Waals surface area (Å²) in [4.78, 5) is 17.9. The molecule has 21 heavy (non-hydrogen) atoms. The van der Waals surface area contributed by atoms with Crippen LogP contribution in [-0.4, -0.2) is 27.5 Å². The van der Waals surface area contributed by atoms with E-state index in [0.717, 1.165) is 11.3 Å². The van der Waals surface area contributed by atoms with E-state index in [1.165, 1.54) is 0 Å². The van der Waals surface area contributed by atoms with Crippen molar-refractivity contribution in [2.75, 3.05) is 7.05 Å². The summed E-state index contributed by atoms with van der Waals surface area (Å²) < 4.78 is 1.91. The fourth-order valence-electron chi connectivity index (χ4n) is 2.05. The van der Waals surface area contributed by atoms with E-state index in [1.54, 1.807) is 24.3 Å². The Balaban J connectivity index is 1.95. The van der Waals surface area contributed by atoms with Crippen molar-refractivity contribution < 1.29 is 4.79 Å². The molecule has 0 aliphatic heterocycles. The van der Waals surface area contributed by atoms with E-state index in [2.05, 4.69) is 10.3 Å². The van der Waals surface area contributed by atoms with Gasteiger partial charge < -0.3 is 14.8 Å². The molecule has 2 heterocycles. The van der Waals surface area contributed by atoms with E-state index in [1.807, 2.05) is 42.9 Å². The number of aromatic nitrogens is 2. The molecule has 0 aliphatic carbocycles. The lowest BCUT2D eigenvalue weighted by Gasteiger charge is -2.21. The quantitative estimate of drug-likeness (QED) is 0.944. The van der Waals surface area contributed by atoms with Gasteiger partial charge in [0, 0.05) is 38.4 Å². The molecule has 0 aliphatic rings. The van der Waals surface area contributed by atoms with Crippen LogP contribution in [0.1, 0.15) is 24.2 Å². The Labute approximate surface area is 129 Å². The second-order valence-corrected chi connectivity index (χ2v) is 5.51. The number of pyridine rings is 1. The first-order chi connectivity index (χ1) is 9.97. The van der Waals surface area contributed by atoms with Crippen molar-refractivity contribution in [1.29, 1.82) is 0 Å². The molecular weight excluding hydrogens is 288 g/mol. The van der Waals surface area contributed by atoms with E-state index in [0.29, 0.717) is 11.6 Å². The van der Waals surface area contributed by atoms with Gasteiger partial charge in [0.15, 0.2) is 0 Å². The Morgan fingerprint density at radius 2 is 2.33 bits per heavy atom. The SMILES string of the molecule is C[C@H](NC(=O)N(C)Cc1cc(Cl)cn1C)c1cccnc1. The Morgan fingerprint density at radius 3 is 2.90 bits per heavy atom. The lowest BCUT2D eigenvalue weighted by molar-refractivity contribution is 0.202. The fraction of sp³-hybridized carbons (Fsp3) is 0.333. The maximum atomic E-state index is 12.2. The lowest BCUT2D eigenvalue weighted by Crippen LogP contribution is -2.38. The molecular formula is C15H19ClN4O. The smallest absolute Gasteiger partial charge is 0.317 e. The monoisotopic (exact) mass is 306 g/mol. The minimum absolute atomic E-state index is 0.0920. The Morgan fingerprint density at radius 1 is 1.57 bits per heavy atom. The molecule has 0 radical (unpaired) electrons. The van der Waals surface area contributed by atoms with Crippen molar-refractivity contribution >= 4 is 17.6 Å². The van der Waals surface area contributed by atoms with Crippen molar-refractivity contribution in [2.24, 2.45) is 7.05 Å². The summed E-state index contributed by atoms with van der Waals surface area (Å²) in [7, 11) is 3.66. The van der Waals surface area contributed by atoms with Crippen LogP contribution in [0.15, 0.2) is 36.8 Å². The van der Waals surface area contributed by atoms with Crippen molar-refractivity contribution in [3.05, 3.63) is 53.1 Å². The second kappa shape index (κ2) is 6.63. The van der Waals surface area contributed by atoms with Gasteiger partial charge >= 0.3 is 6.03 Å². The standard InChI is InChI=1S/C15H19ClN4O/c1-11(12-5-4-6-17-8-12)18-15(21)20(3)10-14-7-13(16)9-19(14)2/h4-9,11H,10H2,1-3H3,(H,18,21)/t11-/m0/s1. The molecule has 0 fully saturated rings. The predicted octanol–water partition coefficient (Wildman–Crippen LogP) is 2.98. The molecule has 0 saturated heterocycles. The fourth-order valence-corrected chi connectivity index (χ4v) is 2.32. The third-order valence-electron chi connectivity index (χ3n) is 3.34. The van der Waals surface area contributed by atoms with Crippen LogP contribution in [0.5, 0.6) is 0 Å². The largest absolute Gasteiger partial charge is 0.351 e. The number of carbonyl (C=O) groups is 1. The van der Waals surface area contributed by atoms with Gasteiger partial charge in [-0.2, -0.15) is 0 Å². The molecule has 1 N–H and O–H groups in total. The highest BCUT2D eigenvalue weighted by Crippen LogP contribution is 2.15. The van der Waals surface area contributed by atoms with Crippen LogP contribution in [0, 0.1) is 0 Å². The third kappa shape index (κ3) is 3.98. The molecule has 2 aromatic rings. The average Bonchev–Trinajstić information content (AvgIpc) is 2.77. The van der Waals surface area contributed by atoms with Crippen molar-refractivity contribution in [3.8, 4) is 0 Å². The van der Waals surface area contributed by atoms with Crippen molar-refractivity contribution in [1.82, 2.24) is 19.8 Å². The number of hydrogen-bond acceptors (Lipinski definition) is 2. The van der Waals surface area contributed by atoms with Gasteiger partial charge in [-0.1, -0.05) is 17.7 Å². The van der Waals surface area contributed by atoms with Crippen LogP contribution in [-0.2, 0) is 13.6 Å². The highest BCUT2D eigenvalue weighted by atomic mass is 35.5. The molecule has 2 amide bonds. The van der Waals surface area contributed by atoms with E-state index in [-0.39, 0.29) is 12.1 Å². The number of nitrogens with one attached hydrogen (secondary N) is 1. The normalized spacial score (nSPS) is 12.0. The highest BCUT2D eigenvalue weighted by Gasteiger charge is 2.15. The molecule has 2 rings (SSSR count). The van der Waals surface area contributed by atoms with Crippen LogP contribution >= 0.6 is 11.6 Å². The Kier molecular flexibility index (Phi) is 4.85. The number of carbonyl (C=O) groups excluding carboxylic acids is 1. The van der Waals surface area contributed by atoms with E-state index < -0.39 is 0 Å². The lowest BCUT2D eigenvalue weighted by atomic mass is 10.1. The van der Waals surface area contributed by atoms with Gasteiger partial charge in [-0.25, -0.2) is 4.79 Å². The number of amides is 2. The van der Waals surface area contributed by atoms with E-state index >= 15 is 0 Å². The summed E-state index contributed by atoms with van der Waals surface area (Å²) >= 11 is 5.95. The summed E-state index contributed by atoms with van der Waals surface area (Å²) in [6.07, 6.45) is 5.28. The van der Waals surface area contributed by atoms with Crippen LogP contribution in [0.3, 0.4) is 0 Å². The Bertz CT molecular complexity index is 611. The molecule has 1 atom stereocenters. The molecule has 0 bridgehead atoms. The summed E-state index contributed by atoms with van der Waals surface area (Å²) in [5.74, 6) is 0. The van der Waals surface area contributed by atoms with Crippen LogP contribution in [0.2, 0.25) is 5.02 Å². The number of aryl methyl sites for hydroxylation is 1. The zero-order valence-corrected chi connectivity index (χ0v) is 13.1. The molecule has 0 aromatic carbocycles. The van der Waals surface area contributed by atoms with Crippen LogP contribution < -0.4 is 5.32 Å². The first-order valence-electron chi connectivity index (χ1n) is 6.69. The summed E-state index contributed by atoms with van der Waals surface area (Å²) in [5.41, 5.74) is 1.95. The maximum Gasteiger partial charge on any atom is 0.317 e. The van der Waals surface area contributed by atoms with Crippen LogP contribution in [0.4, 0.5) is 4.79 Å². The first kappa shape index (κ1) is 15.4. The predicted molar refractivity (Wildman–Crippen MR) is 83.1 cm³/mol. The molecule has 6 heteroatoms. The van der Waals surface area contributed by atoms with E-state index in [4.69, 9.17) is 11.6 Å². The molecule has 5 nitrogen and oxygen atoms in total. The average molecular weight is 307 g/mol. The number of halogens is 1. The number of hydrogen-bond donors (Lipinski definition) is 1. The topological polar surface area (TPSA) is 50.2 Å². The van der Waals surface area contributed by atoms with Gasteiger partial charge in [-0.05, 0) is 24.6 Å². The van der Waals surface area contributed by atoms with Gasteiger partial charge in [0.1, 0.15) is 0 Å². The minimum Gasteiger partial charge on any atom is -0.351 e. The number of urea groups is 1. The summed E-state index contributed by atoms with van der Waals surface area (Å²) in [6.45, 7) is 2.43. The van der Waals surface area contributed by atoms with Gasteiger partial charge in [0.25, 0.3) is 0 Å². The Hall–Kier alpha value is -2.01. The third-order valence-corrected chi connectivity index (χ3v) is 3.55. The van der Waals surface area contributed by atoms with Crippen molar-refractivity contribution in [3.63, 3.8) is 0 Å². The summed E-state index contributed by atoms with van der Waals surface area (Å²) in [5, 5.41) is 3.62.